The Morgan fingerprint density at radius 1 is 0.647 bits per heavy atom. The van der Waals surface area contributed by atoms with Gasteiger partial charge in [-0.05, 0) is 6.42 Å². The van der Waals surface area contributed by atoms with Crippen molar-refractivity contribution in [3.8, 4) is 0 Å². The average molecular weight is 249 g/mol. The average Bonchev–Trinajstić information content (AvgIpc) is 2.35. The van der Waals surface area contributed by atoms with Crippen molar-refractivity contribution in [1.29, 1.82) is 0 Å². The summed E-state index contributed by atoms with van der Waals surface area (Å²) in [5.74, 6) is 0. The molecule has 0 N–H and O–H groups in total. The molecule has 17 heavy (non-hydrogen) atoms. The van der Waals surface area contributed by atoms with E-state index in [4.69, 9.17) is 18.9 Å². The van der Waals surface area contributed by atoms with Crippen molar-refractivity contribution in [2.24, 2.45) is 0 Å². The quantitative estimate of drug-likeness (QED) is 0.435. The maximum Gasteiger partial charge on any atom is 0.106 e. The van der Waals surface area contributed by atoms with Gasteiger partial charge in [-0.25, -0.2) is 5.11 Å². The summed E-state index contributed by atoms with van der Waals surface area (Å²) in [5.41, 5.74) is 0. The van der Waals surface area contributed by atoms with E-state index in [0.29, 0.717) is 39.6 Å². The fourth-order valence-corrected chi connectivity index (χ4v) is 1.07. The van der Waals surface area contributed by atoms with Crippen LogP contribution in [0.4, 0.5) is 0 Å². The maximum atomic E-state index is 10.0. The molecule has 0 bridgehead atoms. The number of unbranched alkanes of at least 4 members (excludes halogenated alkanes) is 1. The van der Waals surface area contributed by atoms with Crippen LogP contribution in [0.3, 0.4) is 0 Å². The van der Waals surface area contributed by atoms with Gasteiger partial charge in [-0.15, -0.1) is 0 Å². The van der Waals surface area contributed by atoms with Crippen molar-refractivity contribution in [1.82, 2.24) is 0 Å². The maximum absolute atomic E-state index is 10.0. The number of hydrogen-bond acceptors (Lipinski definition) is 4. The zero-order valence-corrected chi connectivity index (χ0v) is 10.8. The van der Waals surface area contributed by atoms with Crippen molar-refractivity contribution in [2.75, 3.05) is 59.5 Å². The van der Waals surface area contributed by atoms with E-state index in [1.54, 1.807) is 0 Å². The van der Waals surface area contributed by atoms with Crippen molar-refractivity contribution < 1.29 is 24.1 Å². The topological polar surface area (TPSA) is 56.8 Å². The molecule has 0 aliphatic carbocycles. The minimum Gasteiger partial charge on any atom is -0.379 e. The SMILES string of the molecule is CCCCOCCOCCOCCOCC[O]. The monoisotopic (exact) mass is 249 g/mol. The lowest BCUT2D eigenvalue weighted by Gasteiger charge is -2.06. The van der Waals surface area contributed by atoms with Crippen molar-refractivity contribution in [3.63, 3.8) is 0 Å². The summed E-state index contributed by atoms with van der Waals surface area (Å²) in [7, 11) is 0. The lowest BCUT2D eigenvalue weighted by molar-refractivity contribution is -0.00924. The molecule has 0 saturated carbocycles. The fourth-order valence-electron chi connectivity index (χ4n) is 1.07. The molecule has 1 radical (unpaired) electrons. The van der Waals surface area contributed by atoms with Gasteiger partial charge >= 0.3 is 0 Å². The second-order valence-corrected chi connectivity index (χ2v) is 3.51. The first kappa shape index (κ1) is 16.8. The van der Waals surface area contributed by atoms with Gasteiger partial charge in [0.25, 0.3) is 0 Å². The molecular formula is C12H25O5. The van der Waals surface area contributed by atoms with Crippen LogP contribution >= 0.6 is 0 Å². The van der Waals surface area contributed by atoms with E-state index >= 15 is 0 Å². The third-order valence-electron chi connectivity index (χ3n) is 1.99. The fraction of sp³-hybridized carbons (Fsp3) is 1.00. The Hall–Kier alpha value is -0.200. The summed E-state index contributed by atoms with van der Waals surface area (Å²) < 4.78 is 20.8. The van der Waals surface area contributed by atoms with Crippen molar-refractivity contribution >= 4 is 0 Å². The van der Waals surface area contributed by atoms with Gasteiger partial charge in [-0.1, -0.05) is 13.3 Å². The van der Waals surface area contributed by atoms with E-state index in [-0.39, 0.29) is 13.2 Å². The van der Waals surface area contributed by atoms with Crippen molar-refractivity contribution in [2.45, 2.75) is 19.8 Å². The van der Waals surface area contributed by atoms with Gasteiger partial charge in [0.05, 0.1) is 46.2 Å². The molecular weight excluding hydrogens is 224 g/mol. The molecule has 0 amide bonds. The third-order valence-corrected chi connectivity index (χ3v) is 1.99. The van der Waals surface area contributed by atoms with Crippen LogP contribution in [0.1, 0.15) is 19.8 Å². The highest BCUT2D eigenvalue weighted by molar-refractivity contribution is 4.36. The molecule has 0 spiro atoms. The Morgan fingerprint density at radius 3 is 1.47 bits per heavy atom. The first-order valence-electron chi connectivity index (χ1n) is 6.31. The van der Waals surface area contributed by atoms with Gasteiger partial charge in [0.1, 0.15) is 6.61 Å². The second kappa shape index (κ2) is 15.8. The molecule has 0 saturated heterocycles. The smallest absolute Gasteiger partial charge is 0.106 e. The van der Waals surface area contributed by atoms with Crippen molar-refractivity contribution in [3.05, 3.63) is 0 Å². The Balaban J connectivity index is 2.85. The summed E-state index contributed by atoms with van der Waals surface area (Å²) >= 11 is 0. The Labute approximate surface area is 104 Å². The third kappa shape index (κ3) is 15.8. The lowest BCUT2D eigenvalue weighted by atomic mass is 10.4. The highest BCUT2D eigenvalue weighted by Gasteiger charge is 1.92. The highest BCUT2D eigenvalue weighted by atomic mass is 16.6. The number of ether oxygens (including phenoxy) is 4. The van der Waals surface area contributed by atoms with Gasteiger partial charge in [-0.2, -0.15) is 0 Å². The number of hydrogen-bond donors (Lipinski definition) is 0. The minimum absolute atomic E-state index is 0.193. The summed E-state index contributed by atoms with van der Waals surface area (Å²) in [4.78, 5) is 0. The first-order chi connectivity index (χ1) is 8.41. The Morgan fingerprint density at radius 2 is 1.06 bits per heavy atom. The summed E-state index contributed by atoms with van der Waals surface area (Å²) in [6, 6.07) is 0. The molecule has 0 atom stereocenters. The highest BCUT2D eigenvalue weighted by Crippen LogP contribution is 1.88. The van der Waals surface area contributed by atoms with Crippen LogP contribution in [0.5, 0.6) is 0 Å². The largest absolute Gasteiger partial charge is 0.379 e. The van der Waals surface area contributed by atoms with E-state index in [2.05, 4.69) is 6.92 Å². The van der Waals surface area contributed by atoms with E-state index in [9.17, 15) is 5.11 Å². The molecule has 0 fully saturated rings. The van der Waals surface area contributed by atoms with Crippen LogP contribution in [-0.4, -0.2) is 59.5 Å². The first-order valence-corrected chi connectivity index (χ1v) is 6.31. The summed E-state index contributed by atoms with van der Waals surface area (Å²) in [6.07, 6.45) is 2.26. The van der Waals surface area contributed by atoms with Crippen LogP contribution in [0.15, 0.2) is 0 Å². The standard InChI is InChI=1S/C12H25O5/c1-2-3-5-14-7-9-16-11-12-17-10-8-15-6-4-13/h2-12H2,1H3. The molecule has 103 valence electrons. The van der Waals surface area contributed by atoms with Crippen LogP contribution in [0.2, 0.25) is 0 Å². The van der Waals surface area contributed by atoms with E-state index < -0.39 is 0 Å². The summed E-state index contributed by atoms with van der Waals surface area (Å²) in [6.45, 7) is 6.38. The van der Waals surface area contributed by atoms with Gasteiger partial charge in [0.15, 0.2) is 0 Å². The molecule has 0 aliphatic heterocycles. The minimum atomic E-state index is -0.193. The van der Waals surface area contributed by atoms with Crippen LogP contribution < -0.4 is 0 Å². The van der Waals surface area contributed by atoms with Crippen LogP contribution in [-0.2, 0) is 24.1 Å². The molecule has 0 aromatic heterocycles. The van der Waals surface area contributed by atoms with E-state index in [1.807, 2.05) is 0 Å². The van der Waals surface area contributed by atoms with Gasteiger partial charge in [-0.3, -0.25) is 0 Å². The molecule has 0 heterocycles. The van der Waals surface area contributed by atoms with Crippen LogP contribution in [0, 0.1) is 0 Å². The molecule has 5 heteroatoms. The second-order valence-electron chi connectivity index (χ2n) is 3.51. The van der Waals surface area contributed by atoms with Gasteiger partial charge in [0.2, 0.25) is 0 Å². The molecule has 0 aliphatic rings. The lowest BCUT2D eigenvalue weighted by Crippen LogP contribution is -2.12. The van der Waals surface area contributed by atoms with E-state index in [1.165, 1.54) is 0 Å². The van der Waals surface area contributed by atoms with Gasteiger partial charge in [0, 0.05) is 6.61 Å². The molecule has 0 unspecified atom stereocenters. The zero-order valence-electron chi connectivity index (χ0n) is 10.8. The zero-order chi connectivity index (χ0) is 12.6. The molecule has 0 rings (SSSR count). The Bertz CT molecular complexity index is 118. The predicted octanol–water partition coefficient (Wildman–Crippen LogP) is 1.28. The van der Waals surface area contributed by atoms with E-state index in [0.717, 1.165) is 19.4 Å². The van der Waals surface area contributed by atoms with Gasteiger partial charge < -0.3 is 18.9 Å². The summed E-state index contributed by atoms with van der Waals surface area (Å²) in [5, 5.41) is 10.0. The van der Waals surface area contributed by atoms with Crippen LogP contribution in [0.25, 0.3) is 0 Å². The normalized spacial score (nSPS) is 10.9. The predicted molar refractivity (Wildman–Crippen MR) is 63.7 cm³/mol. The Kier molecular flexibility index (Phi) is 15.6. The molecule has 0 aromatic rings. The number of rotatable bonds is 14. The molecule has 5 nitrogen and oxygen atoms in total. The molecule has 0 aromatic carbocycles.